The lowest BCUT2D eigenvalue weighted by atomic mass is 10.1. The smallest absolute Gasteiger partial charge is 0.358 e. The molecule has 0 bridgehead atoms. The van der Waals surface area contributed by atoms with E-state index in [2.05, 4.69) is 15.3 Å². The van der Waals surface area contributed by atoms with E-state index in [1.54, 1.807) is 24.4 Å². The van der Waals surface area contributed by atoms with Crippen LogP contribution in [0, 0.1) is 10.1 Å². The van der Waals surface area contributed by atoms with Crippen LogP contribution in [0.5, 0.6) is 0 Å². The summed E-state index contributed by atoms with van der Waals surface area (Å²) in [5.74, 6) is -1.08. The van der Waals surface area contributed by atoms with E-state index >= 15 is 0 Å². The summed E-state index contributed by atoms with van der Waals surface area (Å²) in [6, 6.07) is 11.8. The van der Waals surface area contributed by atoms with Crippen LogP contribution < -0.4 is 5.32 Å². The number of hydrogen-bond donors (Lipinski definition) is 1. The molecule has 0 aliphatic carbocycles. The maximum absolute atomic E-state index is 12.3. The van der Waals surface area contributed by atoms with Crippen LogP contribution >= 0.6 is 0 Å². The first kappa shape index (κ1) is 13.6. The highest BCUT2D eigenvalue weighted by molar-refractivity contribution is 6.09. The summed E-state index contributed by atoms with van der Waals surface area (Å²) >= 11 is 0. The van der Waals surface area contributed by atoms with Gasteiger partial charge >= 0.3 is 5.82 Å². The van der Waals surface area contributed by atoms with E-state index in [0.29, 0.717) is 11.2 Å². The Morgan fingerprint density at radius 2 is 1.77 bits per heavy atom. The van der Waals surface area contributed by atoms with Crippen molar-refractivity contribution in [1.82, 2.24) is 9.97 Å². The summed E-state index contributed by atoms with van der Waals surface area (Å²) in [6.45, 7) is 0. The van der Waals surface area contributed by atoms with Crippen molar-refractivity contribution in [1.29, 1.82) is 0 Å². The van der Waals surface area contributed by atoms with Gasteiger partial charge in [-0.3, -0.25) is 9.78 Å². The van der Waals surface area contributed by atoms with Crippen LogP contribution in [-0.2, 0) is 0 Å². The first-order valence-electron chi connectivity index (χ1n) is 6.41. The third kappa shape index (κ3) is 2.47. The average molecular weight is 294 g/mol. The number of nitrogens with zero attached hydrogens (tertiary/aromatic N) is 3. The Morgan fingerprint density at radius 3 is 2.59 bits per heavy atom. The van der Waals surface area contributed by atoms with Crippen molar-refractivity contribution >= 4 is 28.3 Å². The van der Waals surface area contributed by atoms with Crippen molar-refractivity contribution < 1.29 is 9.72 Å². The number of anilines is 1. The highest BCUT2D eigenvalue weighted by atomic mass is 16.6. The zero-order valence-electron chi connectivity index (χ0n) is 11.3. The Kier molecular flexibility index (Phi) is 3.45. The molecule has 0 radical (unpaired) electrons. The van der Waals surface area contributed by atoms with Crippen LogP contribution in [-0.4, -0.2) is 20.8 Å². The highest BCUT2D eigenvalue weighted by Crippen LogP contribution is 2.22. The molecule has 22 heavy (non-hydrogen) atoms. The van der Waals surface area contributed by atoms with Crippen molar-refractivity contribution in [2.45, 2.75) is 0 Å². The largest absolute Gasteiger partial charge is 0.376 e. The van der Waals surface area contributed by atoms with Gasteiger partial charge in [-0.2, -0.15) is 0 Å². The lowest BCUT2D eigenvalue weighted by Crippen LogP contribution is -2.15. The fourth-order valence-corrected chi connectivity index (χ4v) is 2.11. The molecular weight excluding hydrogens is 284 g/mol. The maximum Gasteiger partial charge on any atom is 0.376 e. The molecule has 108 valence electrons. The van der Waals surface area contributed by atoms with Gasteiger partial charge in [-0.05, 0) is 34.2 Å². The summed E-state index contributed by atoms with van der Waals surface area (Å²) in [7, 11) is 0. The lowest BCUT2D eigenvalue weighted by molar-refractivity contribution is -0.389. The number of rotatable bonds is 3. The number of carbonyl (C=O) groups is 1. The van der Waals surface area contributed by atoms with Gasteiger partial charge in [-0.25, -0.2) is 0 Å². The maximum atomic E-state index is 12.3. The quantitative estimate of drug-likeness (QED) is 0.591. The topological polar surface area (TPSA) is 98.0 Å². The summed E-state index contributed by atoms with van der Waals surface area (Å²) < 4.78 is 0. The second-order valence-corrected chi connectivity index (χ2v) is 4.47. The summed E-state index contributed by atoms with van der Waals surface area (Å²) in [5, 5.41) is 14.5. The molecule has 7 nitrogen and oxygen atoms in total. The fourth-order valence-electron chi connectivity index (χ4n) is 2.11. The molecule has 3 aromatic rings. The minimum absolute atomic E-state index is 0.0968. The predicted molar refractivity (Wildman–Crippen MR) is 80.6 cm³/mol. The lowest BCUT2D eigenvalue weighted by Gasteiger charge is -2.07. The molecule has 0 aliphatic rings. The molecule has 0 fully saturated rings. The number of carbonyl (C=O) groups excluding carboxylic acids is 1. The van der Waals surface area contributed by atoms with Gasteiger partial charge in [0.25, 0.3) is 5.91 Å². The van der Waals surface area contributed by atoms with E-state index < -0.39 is 16.6 Å². The molecule has 0 atom stereocenters. The van der Waals surface area contributed by atoms with Gasteiger partial charge in [-0.15, -0.1) is 0 Å². The molecular formula is C15H10N4O3. The van der Waals surface area contributed by atoms with Gasteiger partial charge in [0.1, 0.15) is 11.8 Å². The van der Waals surface area contributed by atoms with Crippen LogP contribution in [0.3, 0.4) is 0 Å². The van der Waals surface area contributed by atoms with E-state index in [9.17, 15) is 14.9 Å². The molecule has 1 aromatic carbocycles. The molecule has 1 amide bonds. The highest BCUT2D eigenvalue weighted by Gasteiger charge is 2.21. The first-order chi connectivity index (χ1) is 10.7. The minimum Gasteiger partial charge on any atom is -0.358 e. The third-order valence-electron chi connectivity index (χ3n) is 3.09. The van der Waals surface area contributed by atoms with Gasteiger partial charge in [0.05, 0.1) is 11.2 Å². The summed E-state index contributed by atoms with van der Waals surface area (Å²) in [6.07, 6.45) is 2.89. The number of nitro groups is 1. The van der Waals surface area contributed by atoms with Gasteiger partial charge in [0.2, 0.25) is 0 Å². The van der Waals surface area contributed by atoms with Gasteiger partial charge in [-0.1, -0.05) is 18.2 Å². The molecule has 3 rings (SSSR count). The molecule has 0 aliphatic heterocycles. The van der Waals surface area contributed by atoms with Crippen molar-refractivity contribution in [2.24, 2.45) is 0 Å². The third-order valence-corrected chi connectivity index (χ3v) is 3.09. The van der Waals surface area contributed by atoms with Crippen molar-refractivity contribution in [3.8, 4) is 0 Å². The molecule has 2 aromatic heterocycles. The van der Waals surface area contributed by atoms with Crippen molar-refractivity contribution in [3.63, 3.8) is 0 Å². The Bertz CT molecular complexity index is 874. The zero-order chi connectivity index (χ0) is 15.5. The van der Waals surface area contributed by atoms with Crippen molar-refractivity contribution in [2.75, 3.05) is 5.32 Å². The van der Waals surface area contributed by atoms with Gasteiger partial charge < -0.3 is 15.4 Å². The van der Waals surface area contributed by atoms with E-state index in [-0.39, 0.29) is 5.56 Å². The van der Waals surface area contributed by atoms with Gasteiger partial charge in [0.15, 0.2) is 0 Å². The van der Waals surface area contributed by atoms with E-state index in [1.807, 2.05) is 12.1 Å². The van der Waals surface area contributed by atoms with E-state index in [0.717, 1.165) is 5.39 Å². The number of pyridine rings is 2. The van der Waals surface area contributed by atoms with E-state index in [1.165, 1.54) is 18.3 Å². The van der Waals surface area contributed by atoms with Crippen LogP contribution in [0.15, 0.2) is 54.9 Å². The van der Waals surface area contributed by atoms with Crippen molar-refractivity contribution in [3.05, 3.63) is 70.5 Å². The number of benzene rings is 1. The molecule has 0 saturated carbocycles. The zero-order valence-corrected chi connectivity index (χ0v) is 11.3. The molecule has 0 spiro atoms. The Hall–Kier alpha value is -3.35. The Balaban J connectivity index is 1.99. The predicted octanol–water partition coefficient (Wildman–Crippen LogP) is 2.79. The van der Waals surface area contributed by atoms with Crippen LogP contribution in [0.1, 0.15) is 10.4 Å². The summed E-state index contributed by atoms with van der Waals surface area (Å²) in [5.41, 5.74) is 1.01. The molecule has 2 heterocycles. The van der Waals surface area contributed by atoms with Crippen LogP contribution in [0.25, 0.3) is 10.9 Å². The molecule has 0 saturated heterocycles. The van der Waals surface area contributed by atoms with Crippen LogP contribution in [0.2, 0.25) is 0 Å². The normalized spacial score (nSPS) is 10.4. The monoisotopic (exact) mass is 294 g/mol. The van der Waals surface area contributed by atoms with Crippen LogP contribution in [0.4, 0.5) is 11.5 Å². The molecule has 1 N–H and O–H groups in total. The molecule has 0 unspecified atom stereocenters. The number of amides is 1. The number of fused-ring (bicyclic) bond motifs is 1. The number of hydrogen-bond acceptors (Lipinski definition) is 5. The standard InChI is InChI=1S/C15H10N4O3/c20-15(11-6-3-9-17-14(11)19(21)22)18-12-7-1-4-10-5-2-8-16-13(10)12/h1-9H,(H,18,20). The van der Waals surface area contributed by atoms with E-state index in [4.69, 9.17) is 0 Å². The fraction of sp³-hybridized carbons (Fsp3) is 0. The number of aromatic nitrogens is 2. The number of para-hydroxylation sites is 1. The summed E-state index contributed by atoms with van der Waals surface area (Å²) in [4.78, 5) is 30.4. The minimum atomic E-state index is -0.684. The van der Waals surface area contributed by atoms with Gasteiger partial charge in [0, 0.05) is 11.6 Å². The SMILES string of the molecule is O=C(Nc1cccc2cccnc12)c1cccnc1[N+](=O)[O-]. The second kappa shape index (κ2) is 5.57. The first-order valence-corrected chi connectivity index (χ1v) is 6.41. The Labute approximate surface area is 124 Å². The molecule has 7 heteroatoms. The second-order valence-electron chi connectivity index (χ2n) is 4.47. The average Bonchev–Trinajstić information content (AvgIpc) is 2.55. The number of nitrogens with one attached hydrogen (secondary N) is 1. The Morgan fingerprint density at radius 1 is 1.05 bits per heavy atom.